The third-order valence-electron chi connectivity index (χ3n) is 3.21. The molecule has 9 nitrogen and oxygen atoms in total. The van der Waals surface area contributed by atoms with E-state index in [1.165, 1.54) is 14.0 Å². The lowest BCUT2D eigenvalue weighted by atomic mass is 10.1. The molecule has 0 fully saturated rings. The van der Waals surface area contributed by atoms with E-state index in [1.807, 2.05) is 5.32 Å². The lowest BCUT2D eigenvalue weighted by Gasteiger charge is -2.13. The topological polar surface area (TPSA) is 117 Å². The van der Waals surface area contributed by atoms with E-state index in [0.29, 0.717) is 10.8 Å². The van der Waals surface area contributed by atoms with Gasteiger partial charge in [-0.25, -0.2) is 14.3 Å². The number of carbonyl (C=O) groups excluding carboxylic acids is 3. The number of hydrogen-bond acceptors (Lipinski definition) is 7. The average molecular weight is 333 g/mol. The van der Waals surface area contributed by atoms with Crippen LogP contribution in [0.2, 0.25) is 0 Å². The Balaban J connectivity index is 2.29. The summed E-state index contributed by atoms with van der Waals surface area (Å²) in [7, 11) is 2.50. The lowest BCUT2D eigenvalue weighted by molar-refractivity contribution is -0.128. The normalized spacial score (nSPS) is 11.6. The molecule has 0 aliphatic rings. The van der Waals surface area contributed by atoms with Crippen molar-refractivity contribution in [1.29, 1.82) is 0 Å². The van der Waals surface area contributed by atoms with Crippen LogP contribution in [0.3, 0.4) is 0 Å². The Bertz CT molecular complexity index is 873. The fraction of sp³-hybridized carbons (Fsp3) is 0.267. The molecule has 1 aromatic heterocycles. The van der Waals surface area contributed by atoms with Crippen molar-refractivity contribution < 1.29 is 23.9 Å². The van der Waals surface area contributed by atoms with Crippen LogP contribution in [0, 0.1) is 0 Å². The van der Waals surface area contributed by atoms with Gasteiger partial charge in [-0.1, -0.05) is 18.2 Å². The number of imide groups is 1. The fourth-order valence-corrected chi connectivity index (χ4v) is 1.97. The number of fused-ring (bicyclic) bond motifs is 1. The van der Waals surface area contributed by atoms with Crippen molar-refractivity contribution in [3.8, 4) is 0 Å². The Labute approximate surface area is 136 Å². The first-order valence-electron chi connectivity index (χ1n) is 6.91. The molecule has 0 bridgehead atoms. The van der Waals surface area contributed by atoms with Crippen LogP contribution in [-0.2, 0) is 21.3 Å². The first-order chi connectivity index (χ1) is 11.3. The Morgan fingerprint density at radius 1 is 1.21 bits per heavy atom. The zero-order valence-corrected chi connectivity index (χ0v) is 13.2. The number of rotatable bonds is 3. The van der Waals surface area contributed by atoms with Gasteiger partial charge in [-0.05, 0) is 13.0 Å². The number of benzene rings is 1. The van der Waals surface area contributed by atoms with E-state index in [-0.39, 0.29) is 11.3 Å². The molecule has 9 heteroatoms. The SMILES string of the molecule is COC(=O)NC(=O)[C@@H](C)OC(=O)c1nn(C)c(=O)c2ccccc12. The third-order valence-corrected chi connectivity index (χ3v) is 3.21. The smallest absolute Gasteiger partial charge is 0.413 e. The van der Waals surface area contributed by atoms with Crippen LogP contribution in [-0.4, -0.2) is 41.0 Å². The molecule has 1 aromatic carbocycles. The summed E-state index contributed by atoms with van der Waals surface area (Å²) in [6.45, 7) is 1.29. The zero-order valence-electron chi connectivity index (χ0n) is 13.2. The zero-order chi connectivity index (χ0) is 17.9. The minimum Gasteiger partial charge on any atom is -0.453 e. The fourth-order valence-electron chi connectivity index (χ4n) is 1.97. The highest BCUT2D eigenvalue weighted by Crippen LogP contribution is 2.14. The van der Waals surface area contributed by atoms with Crippen molar-refractivity contribution in [2.75, 3.05) is 7.11 Å². The molecule has 1 atom stereocenters. The molecule has 1 heterocycles. The molecule has 24 heavy (non-hydrogen) atoms. The number of amides is 2. The first-order valence-corrected chi connectivity index (χ1v) is 6.91. The van der Waals surface area contributed by atoms with Gasteiger partial charge in [0.2, 0.25) is 0 Å². The van der Waals surface area contributed by atoms with Crippen molar-refractivity contribution in [2.24, 2.45) is 7.05 Å². The highest BCUT2D eigenvalue weighted by molar-refractivity contribution is 6.03. The minimum absolute atomic E-state index is 0.106. The molecule has 0 saturated carbocycles. The molecular formula is C15H15N3O6. The van der Waals surface area contributed by atoms with Crippen molar-refractivity contribution >= 4 is 28.7 Å². The number of aromatic nitrogens is 2. The highest BCUT2D eigenvalue weighted by Gasteiger charge is 2.24. The summed E-state index contributed by atoms with van der Waals surface area (Å²) in [5.41, 5.74) is -0.468. The van der Waals surface area contributed by atoms with Crippen LogP contribution in [0.1, 0.15) is 17.4 Å². The standard InChI is InChI=1S/C15H15N3O6/c1-8(12(19)16-15(22)23-3)24-14(21)11-9-6-4-5-7-10(9)13(20)18(2)17-11/h4-8H,1-3H3,(H,16,19,22)/t8-/m1/s1. The predicted octanol–water partition coefficient (Wildman–Crippen LogP) is 0.361. The van der Waals surface area contributed by atoms with E-state index in [9.17, 15) is 19.2 Å². The summed E-state index contributed by atoms with van der Waals surface area (Å²) in [6, 6.07) is 6.42. The summed E-state index contributed by atoms with van der Waals surface area (Å²) in [5.74, 6) is -1.74. The Hall–Kier alpha value is -3.23. The number of carbonyl (C=O) groups is 3. The second-order valence-corrected chi connectivity index (χ2v) is 4.85. The minimum atomic E-state index is -1.26. The van der Waals surface area contributed by atoms with Gasteiger partial charge in [-0.15, -0.1) is 0 Å². The average Bonchev–Trinajstić information content (AvgIpc) is 2.57. The van der Waals surface area contributed by atoms with E-state index in [0.717, 1.165) is 11.8 Å². The largest absolute Gasteiger partial charge is 0.453 e. The second-order valence-electron chi connectivity index (χ2n) is 4.85. The number of aryl methyl sites for hydroxylation is 1. The second kappa shape index (κ2) is 6.90. The number of ether oxygens (including phenoxy) is 2. The molecule has 0 aliphatic heterocycles. The van der Waals surface area contributed by atoms with Crippen molar-refractivity contribution in [3.05, 3.63) is 40.3 Å². The van der Waals surface area contributed by atoms with Gasteiger partial charge in [-0.3, -0.25) is 14.9 Å². The van der Waals surface area contributed by atoms with Gasteiger partial charge < -0.3 is 9.47 Å². The molecule has 126 valence electrons. The van der Waals surface area contributed by atoms with E-state index < -0.39 is 24.1 Å². The van der Waals surface area contributed by atoms with Gasteiger partial charge in [0.25, 0.3) is 11.5 Å². The first kappa shape index (κ1) is 17.1. The van der Waals surface area contributed by atoms with Crippen LogP contribution in [0.15, 0.2) is 29.1 Å². The molecule has 1 N–H and O–H groups in total. The summed E-state index contributed by atoms with van der Waals surface area (Å²) in [6.07, 6.45) is -2.22. The summed E-state index contributed by atoms with van der Waals surface area (Å²) >= 11 is 0. The van der Waals surface area contributed by atoms with Crippen molar-refractivity contribution in [1.82, 2.24) is 15.1 Å². The quantitative estimate of drug-likeness (QED) is 0.806. The number of hydrogen-bond donors (Lipinski definition) is 1. The van der Waals surface area contributed by atoms with Crippen LogP contribution in [0.25, 0.3) is 10.8 Å². The van der Waals surface area contributed by atoms with Crippen LogP contribution >= 0.6 is 0 Å². The maximum Gasteiger partial charge on any atom is 0.413 e. The molecule has 0 spiro atoms. The Morgan fingerprint density at radius 2 is 1.83 bits per heavy atom. The summed E-state index contributed by atoms with van der Waals surface area (Å²) < 4.78 is 10.3. The number of methoxy groups -OCH3 is 1. The third kappa shape index (κ3) is 3.40. The summed E-state index contributed by atoms with van der Waals surface area (Å²) in [4.78, 5) is 47.0. The molecule has 0 unspecified atom stereocenters. The molecule has 2 rings (SSSR count). The van der Waals surface area contributed by atoms with Crippen LogP contribution < -0.4 is 10.9 Å². The maximum absolute atomic E-state index is 12.3. The van der Waals surface area contributed by atoms with Gasteiger partial charge in [0, 0.05) is 12.4 Å². The molecule has 0 radical (unpaired) electrons. The van der Waals surface area contributed by atoms with Gasteiger partial charge in [-0.2, -0.15) is 5.10 Å². The molecule has 2 aromatic rings. The van der Waals surface area contributed by atoms with Crippen LogP contribution in [0.4, 0.5) is 4.79 Å². The predicted molar refractivity (Wildman–Crippen MR) is 82.4 cm³/mol. The Morgan fingerprint density at radius 3 is 2.46 bits per heavy atom. The van der Waals surface area contributed by atoms with Crippen LogP contribution in [0.5, 0.6) is 0 Å². The number of nitrogens with zero attached hydrogens (tertiary/aromatic N) is 2. The molecular weight excluding hydrogens is 318 g/mol. The van der Waals surface area contributed by atoms with Crippen molar-refractivity contribution in [2.45, 2.75) is 13.0 Å². The van der Waals surface area contributed by atoms with Gasteiger partial charge in [0.05, 0.1) is 12.5 Å². The van der Waals surface area contributed by atoms with E-state index in [2.05, 4.69) is 9.84 Å². The summed E-state index contributed by atoms with van der Waals surface area (Å²) in [5, 5.41) is 6.40. The van der Waals surface area contributed by atoms with E-state index >= 15 is 0 Å². The van der Waals surface area contributed by atoms with Gasteiger partial charge >= 0.3 is 12.1 Å². The molecule has 2 amide bonds. The Kier molecular flexibility index (Phi) is 4.93. The number of alkyl carbamates (subject to hydrolysis) is 1. The van der Waals surface area contributed by atoms with E-state index in [4.69, 9.17) is 4.74 Å². The van der Waals surface area contributed by atoms with E-state index in [1.54, 1.807) is 24.3 Å². The van der Waals surface area contributed by atoms with Gasteiger partial charge in [0.1, 0.15) is 0 Å². The molecule has 0 aliphatic carbocycles. The van der Waals surface area contributed by atoms with Gasteiger partial charge in [0.15, 0.2) is 11.8 Å². The lowest BCUT2D eigenvalue weighted by Crippen LogP contribution is -2.39. The number of esters is 1. The maximum atomic E-state index is 12.3. The monoisotopic (exact) mass is 333 g/mol. The van der Waals surface area contributed by atoms with Crippen molar-refractivity contribution in [3.63, 3.8) is 0 Å². The molecule has 0 saturated heterocycles. The highest BCUT2D eigenvalue weighted by atomic mass is 16.6. The number of nitrogens with one attached hydrogen (secondary N) is 1.